The summed E-state index contributed by atoms with van der Waals surface area (Å²) in [6.07, 6.45) is 3.15. The molecule has 9 heteroatoms. The highest BCUT2D eigenvalue weighted by atomic mass is 35.5. The average Bonchev–Trinajstić information content (AvgIpc) is 3.36. The predicted molar refractivity (Wildman–Crippen MR) is 119 cm³/mol. The van der Waals surface area contributed by atoms with Gasteiger partial charge in [-0.2, -0.15) is 0 Å². The summed E-state index contributed by atoms with van der Waals surface area (Å²) in [6, 6.07) is 9.27. The third kappa shape index (κ3) is 3.92. The van der Waals surface area contributed by atoms with E-state index in [0.29, 0.717) is 5.56 Å². The fourth-order valence-corrected chi connectivity index (χ4v) is 4.86. The van der Waals surface area contributed by atoms with Crippen LogP contribution in [0.5, 0.6) is 5.75 Å². The maximum atomic E-state index is 13.1. The van der Waals surface area contributed by atoms with Crippen LogP contribution >= 0.6 is 34.5 Å². The molecule has 1 aliphatic rings. The molecule has 1 amide bonds. The first-order chi connectivity index (χ1) is 14.9. The molecule has 1 saturated heterocycles. The number of aliphatic hydroxyl groups is 1. The van der Waals surface area contributed by atoms with Gasteiger partial charge in [-0.05, 0) is 35.2 Å². The molecular weight excluding hydrogens is 459 g/mol. The third-order valence-electron chi connectivity index (χ3n) is 4.91. The van der Waals surface area contributed by atoms with Gasteiger partial charge >= 0.3 is 0 Å². The molecule has 0 saturated carbocycles. The van der Waals surface area contributed by atoms with Gasteiger partial charge in [-0.3, -0.25) is 14.6 Å². The van der Waals surface area contributed by atoms with Gasteiger partial charge in [0.05, 0.1) is 35.9 Å². The van der Waals surface area contributed by atoms with Crippen molar-refractivity contribution in [2.45, 2.75) is 12.6 Å². The van der Waals surface area contributed by atoms with Crippen molar-refractivity contribution in [3.8, 4) is 5.75 Å². The first-order valence-electron chi connectivity index (χ1n) is 9.16. The second kappa shape index (κ2) is 8.70. The van der Waals surface area contributed by atoms with Crippen molar-refractivity contribution in [3.63, 3.8) is 0 Å². The first-order valence-corrected chi connectivity index (χ1v) is 10.8. The van der Waals surface area contributed by atoms with E-state index in [-0.39, 0.29) is 33.5 Å². The number of aliphatic hydroxyl groups excluding tert-OH is 1. The molecule has 0 spiro atoms. The summed E-state index contributed by atoms with van der Waals surface area (Å²) >= 11 is 13.8. The number of methoxy groups -OCH3 is 1. The van der Waals surface area contributed by atoms with Crippen LogP contribution in [0.1, 0.15) is 22.0 Å². The van der Waals surface area contributed by atoms with Crippen LogP contribution < -0.4 is 4.74 Å². The van der Waals surface area contributed by atoms with Crippen LogP contribution in [0.4, 0.5) is 0 Å². The number of aromatic nitrogens is 1. The van der Waals surface area contributed by atoms with Crippen molar-refractivity contribution in [1.29, 1.82) is 0 Å². The van der Waals surface area contributed by atoms with E-state index in [4.69, 9.17) is 27.9 Å². The van der Waals surface area contributed by atoms with Gasteiger partial charge < -0.3 is 14.7 Å². The number of benzene rings is 1. The number of hydrogen-bond acceptors (Lipinski definition) is 6. The number of thiophene rings is 1. The Morgan fingerprint density at radius 1 is 1.26 bits per heavy atom. The molecule has 3 aromatic rings. The summed E-state index contributed by atoms with van der Waals surface area (Å²) in [5, 5.41) is 13.5. The maximum absolute atomic E-state index is 13.1. The number of halogens is 2. The van der Waals surface area contributed by atoms with Gasteiger partial charge in [-0.15, -0.1) is 11.3 Å². The lowest BCUT2D eigenvalue weighted by Crippen LogP contribution is -2.28. The molecule has 3 heterocycles. The maximum Gasteiger partial charge on any atom is 0.295 e. The number of hydrogen-bond donors (Lipinski definition) is 1. The monoisotopic (exact) mass is 474 g/mol. The highest BCUT2D eigenvalue weighted by Crippen LogP contribution is 2.43. The quantitative estimate of drug-likeness (QED) is 0.316. The summed E-state index contributed by atoms with van der Waals surface area (Å²) in [7, 11) is 1.39. The topological polar surface area (TPSA) is 79.7 Å². The SMILES string of the molecule is COc1c(Cl)cc(Cl)cc1/C(O)=C1\C(=O)C(=O)N(Cc2cccs2)C1c1cccnc1. The predicted octanol–water partition coefficient (Wildman–Crippen LogP) is 5.08. The summed E-state index contributed by atoms with van der Waals surface area (Å²) in [5.41, 5.74) is 0.640. The zero-order valence-corrected chi connectivity index (χ0v) is 18.5. The van der Waals surface area contributed by atoms with E-state index in [1.807, 2.05) is 17.5 Å². The van der Waals surface area contributed by atoms with E-state index in [0.717, 1.165) is 4.88 Å². The molecule has 6 nitrogen and oxygen atoms in total. The van der Waals surface area contributed by atoms with Gasteiger partial charge in [0, 0.05) is 22.3 Å². The third-order valence-corrected chi connectivity index (χ3v) is 6.27. The Kier molecular flexibility index (Phi) is 6.00. The number of likely N-dealkylation sites (tertiary alicyclic amines) is 1. The zero-order valence-electron chi connectivity index (χ0n) is 16.2. The van der Waals surface area contributed by atoms with Crippen molar-refractivity contribution in [3.05, 3.63) is 85.8 Å². The van der Waals surface area contributed by atoms with Crippen molar-refractivity contribution in [2.24, 2.45) is 0 Å². The van der Waals surface area contributed by atoms with Crippen LogP contribution in [0.2, 0.25) is 10.0 Å². The van der Waals surface area contributed by atoms with Gasteiger partial charge in [0.15, 0.2) is 0 Å². The molecule has 1 aliphatic heterocycles. The van der Waals surface area contributed by atoms with E-state index < -0.39 is 23.5 Å². The number of pyridine rings is 1. The van der Waals surface area contributed by atoms with Gasteiger partial charge in [0.25, 0.3) is 11.7 Å². The molecule has 0 radical (unpaired) electrons. The number of ketones is 1. The summed E-state index contributed by atoms with van der Waals surface area (Å²) in [5.74, 6) is -1.78. The Balaban J connectivity index is 1.93. The lowest BCUT2D eigenvalue weighted by atomic mass is 9.96. The minimum Gasteiger partial charge on any atom is -0.507 e. The Morgan fingerprint density at radius 2 is 2.06 bits per heavy atom. The van der Waals surface area contributed by atoms with Crippen LogP contribution in [-0.2, 0) is 16.1 Å². The molecule has 4 rings (SSSR count). The fourth-order valence-electron chi connectivity index (χ4n) is 3.59. The molecule has 2 aromatic heterocycles. The first kappa shape index (κ1) is 21.4. The number of amides is 1. The smallest absolute Gasteiger partial charge is 0.295 e. The van der Waals surface area contributed by atoms with Crippen molar-refractivity contribution < 1.29 is 19.4 Å². The molecule has 31 heavy (non-hydrogen) atoms. The lowest BCUT2D eigenvalue weighted by Gasteiger charge is -2.24. The van der Waals surface area contributed by atoms with E-state index in [1.165, 1.54) is 35.5 Å². The highest BCUT2D eigenvalue weighted by Gasteiger charge is 2.46. The minimum absolute atomic E-state index is 0.0776. The molecule has 158 valence electrons. The van der Waals surface area contributed by atoms with Crippen LogP contribution in [0, 0.1) is 0 Å². The van der Waals surface area contributed by atoms with E-state index in [2.05, 4.69) is 4.98 Å². The molecule has 1 unspecified atom stereocenters. The number of carbonyl (C=O) groups is 2. The molecule has 1 fully saturated rings. The Morgan fingerprint density at radius 3 is 2.71 bits per heavy atom. The zero-order chi connectivity index (χ0) is 22.1. The normalized spacial score (nSPS) is 17.9. The van der Waals surface area contributed by atoms with Crippen LogP contribution in [0.15, 0.2) is 59.7 Å². The van der Waals surface area contributed by atoms with Crippen molar-refractivity contribution in [2.75, 3.05) is 7.11 Å². The highest BCUT2D eigenvalue weighted by molar-refractivity contribution is 7.09. The number of Topliss-reactive ketones (excluding diaryl/α,β-unsaturated/α-hetero) is 1. The van der Waals surface area contributed by atoms with E-state index in [9.17, 15) is 14.7 Å². The van der Waals surface area contributed by atoms with Gasteiger partial charge in [0.1, 0.15) is 11.5 Å². The molecule has 1 aromatic carbocycles. The van der Waals surface area contributed by atoms with Gasteiger partial charge in [-0.1, -0.05) is 35.3 Å². The number of ether oxygens (including phenoxy) is 1. The standard InChI is InChI=1S/C22H16Cl2N2O4S/c1-30-21-15(8-13(23)9-16(21)24)19(27)17-18(12-4-2-6-25-10-12)26(22(29)20(17)28)11-14-5-3-7-31-14/h2-10,18,27H,11H2,1H3/b19-17+. The van der Waals surface area contributed by atoms with E-state index in [1.54, 1.807) is 24.5 Å². The molecule has 1 N–H and O–H groups in total. The second-order valence-electron chi connectivity index (χ2n) is 6.76. The fraction of sp³-hybridized carbons (Fsp3) is 0.136. The Labute approximate surface area is 192 Å². The van der Waals surface area contributed by atoms with Crippen LogP contribution in [0.3, 0.4) is 0 Å². The molecule has 0 bridgehead atoms. The van der Waals surface area contributed by atoms with Crippen LogP contribution in [-0.4, -0.2) is 33.8 Å². The molecule has 1 atom stereocenters. The number of carbonyl (C=O) groups excluding carboxylic acids is 2. The Bertz CT molecular complexity index is 1180. The minimum atomic E-state index is -0.835. The summed E-state index contributed by atoms with van der Waals surface area (Å²) < 4.78 is 5.32. The number of rotatable bonds is 5. The van der Waals surface area contributed by atoms with Crippen molar-refractivity contribution in [1.82, 2.24) is 9.88 Å². The van der Waals surface area contributed by atoms with Crippen molar-refractivity contribution >= 4 is 52.0 Å². The van der Waals surface area contributed by atoms with E-state index >= 15 is 0 Å². The summed E-state index contributed by atoms with van der Waals surface area (Å²) in [6.45, 7) is 0.214. The Hall–Kier alpha value is -2.87. The average molecular weight is 475 g/mol. The molecular formula is C22H16Cl2N2O4S. The number of nitrogens with zero attached hydrogens (tertiary/aromatic N) is 2. The second-order valence-corrected chi connectivity index (χ2v) is 8.64. The molecule has 0 aliphatic carbocycles. The summed E-state index contributed by atoms with van der Waals surface area (Å²) in [4.78, 5) is 32.5. The van der Waals surface area contributed by atoms with Gasteiger partial charge in [-0.25, -0.2) is 0 Å². The lowest BCUT2D eigenvalue weighted by molar-refractivity contribution is -0.140. The van der Waals surface area contributed by atoms with Gasteiger partial charge in [0.2, 0.25) is 0 Å². The van der Waals surface area contributed by atoms with Crippen LogP contribution in [0.25, 0.3) is 5.76 Å². The largest absolute Gasteiger partial charge is 0.507 e.